The van der Waals surface area contributed by atoms with E-state index < -0.39 is 5.91 Å². The van der Waals surface area contributed by atoms with Crippen molar-refractivity contribution in [1.82, 2.24) is 0 Å². The molecule has 1 aliphatic rings. The molecule has 30 heavy (non-hydrogen) atoms. The van der Waals surface area contributed by atoms with E-state index in [-0.39, 0.29) is 11.3 Å². The molecule has 1 aromatic carbocycles. The van der Waals surface area contributed by atoms with Crippen LogP contribution in [0.15, 0.2) is 18.2 Å². The highest BCUT2D eigenvalue weighted by Crippen LogP contribution is 2.45. The Bertz CT molecular complexity index is 964. The van der Waals surface area contributed by atoms with Crippen LogP contribution in [-0.2, 0) is 12.8 Å². The molecule has 3 N–H and O–H groups in total. The Kier molecular flexibility index (Phi) is 6.41. The van der Waals surface area contributed by atoms with Crippen LogP contribution < -0.4 is 20.5 Å². The van der Waals surface area contributed by atoms with E-state index in [1.165, 1.54) is 25.6 Å². The highest BCUT2D eigenvalue weighted by atomic mass is 32.1. The fourth-order valence-corrected chi connectivity index (χ4v) is 5.45. The summed E-state index contributed by atoms with van der Waals surface area (Å²) in [5, 5.41) is 3.41. The quantitative estimate of drug-likeness (QED) is 0.668. The lowest BCUT2D eigenvalue weighted by Gasteiger charge is -2.36. The summed E-state index contributed by atoms with van der Waals surface area (Å²) in [5.74, 6) is 0.488. The van der Waals surface area contributed by atoms with E-state index in [1.54, 1.807) is 18.2 Å². The summed E-state index contributed by atoms with van der Waals surface area (Å²) in [7, 11) is 3.01. The van der Waals surface area contributed by atoms with Gasteiger partial charge in [0, 0.05) is 4.88 Å². The van der Waals surface area contributed by atoms with Crippen molar-refractivity contribution in [1.29, 1.82) is 0 Å². The number of ether oxygens (including phenoxy) is 2. The minimum absolute atomic E-state index is 0.228. The van der Waals surface area contributed by atoms with Crippen molar-refractivity contribution in [3.8, 4) is 11.5 Å². The predicted molar refractivity (Wildman–Crippen MR) is 120 cm³/mol. The number of hydrogen-bond donors (Lipinski definition) is 2. The van der Waals surface area contributed by atoms with E-state index in [2.05, 4.69) is 26.1 Å². The van der Waals surface area contributed by atoms with Crippen LogP contribution in [0.3, 0.4) is 0 Å². The van der Waals surface area contributed by atoms with E-state index in [0.29, 0.717) is 33.5 Å². The number of amides is 2. The topological polar surface area (TPSA) is 90.7 Å². The number of carbonyl (C=O) groups is 2. The number of primary amides is 1. The van der Waals surface area contributed by atoms with Gasteiger partial charge in [-0.05, 0) is 48.3 Å². The van der Waals surface area contributed by atoms with Crippen LogP contribution in [0.4, 0.5) is 5.00 Å². The average Bonchev–Trinajstić information content (AvgIpc) is 3.09. The molecule has 1 heterocycles. The van der Waals surface area contributed by atoms with E-state index in [4.69, 9.17) is 15.2 Å². The van der Waals surface area contributed by atoms with E-state index >= 15 is 0 Å². The Balaban J connectivity index is 1.95. The Hall–Kier alpha value is -2.54. The molecule has 162 valence electrons. The number of methoxy groups -OCH3 is 2. The van der Waals surface area contributed by atoms with Gasteiger partial charge in [-0.25, -0.2) is 0 Å². The van der Waals surface area contributed by atoms with Crippen molar-refractivity contribution in [2.45, 2.75) is 46.5 Å². The largest absolute Gasteiger partial charge is 0.493 e. The molecule has 1 aliphatic carbocycles. The summed E-state index contributed by atoms with van der Waals surface area (Å²) in [6.45, 7) is 6.80. The summed E-state index contributed by atoms with van der Waals surface area (Å²) in [6.07, 6.45) is 3.82. The number of rotatable bonds is 7. The third-order valence-electron chi connectivity index (χ3n) is 6.40. The van der Waals surface area contributed by atoms with Crippen LogP contribution in [0.1, 0.15) is 64.8 Å². The minimum atomic E-state index is -0.506. The smallest absolute Gasteiger partial charge is 0.260 e. The van der Waals surface area contributed by atoms with Gasteiger partial charge in [-0.3, -0.25) is 9.59 Å². The Morgan fingerprint density at radius 1 is 1.27 bits per heavy atom. The Labute approximate surface area is 181 Å². The summed E-state index contributed by atoms with van der Waals surface area (Å²) in [4.78, 5) is 26.4. The van der Waals surface area contributed by atoms with Gasteiger partial charge in [0.15, 0.2) is 11.5 Å². The molecule has 2 amide bonds. The maximum Gasteiger partial charge on any atom is 0.260 e. The molecule has 7 heteroatoms. The normalized spacial score (nSPS) is 16.0. The highest BCUT2D eigenvalue weighted by molar-refractivity contribution is 7.17. The summed E-state index contributed by atoms with van der Waals surface area (Å²) < 4.78 is 10.7. The maximum absolute atomic E-state index is 13.0. The lowest BCUT2D eigenvalue weighted by atomic mass is 9.69. The molecule has 1 aromatic heterocycles. The monoisotopic (exact) mass is 430 g/mol. The number of para-hydroxylation sites is 1. The van der Waals surface area contributed by atoms with Gasteiger partial charge >= 0.3 is 0 Å². The fourth-order valence-electron chi connectivity index (χ4n) is 4.13. The van der Waals surface area contributed by atoms with Crippen molar-refractivity contribution >= 4 is 28.2 Å². The third kappa shape index (κ3) is 4.03. The molecule has 0 fully saturated rings. The van der Waals surface area contributed by atoms with Crippen molar-refractivity contribution in [2.75, 3.05) is 19.5 Å². The molecule has 0 saturated heterocycles. The van der Waals surface area contributed by atoms with E-state index in [9.17, 15) is 9.59 Å². The molecule has 0 saturated carbocycles. The lowest BCUT2D eigenvalue weighted by Crippen LogP contribution is -2.29. The van der Waals surface area contributed by atoms with Crippen LogP contribution in [0.5, 0.6) is 11.5 Å². The number of benzene rings is 1. The standard InChI is InChI=1S/C23H30N2O4S/c1-6-23(2,3)13-10-11-14-17(12-13)30-22(18(14)20(24)26)25-21(27)15-8-7-9-16(28-4)19(15)29-5/h7-9,13H,6,10-12H2,1-5H3,(H2,24,26)(H,25,27)/t13-/m0/s1. The molecular weight excluding hydrogens is 400 g/mol. The van der Waals surface area contributed by atoms with Gasteiger partial charge in [0.05, 0.1) is 25.3 Å². The molecule has 0 radical (unpaired) electrons. The number of hydrogen-bond acceptors (Lipinski definition) is 5. The van der Waals surface area contributed by atoms with Gasteiger partial charge in [-0.1, -0.05) is 33.3 Å². The molecule has 2 aromatic rings. The minimum Gasteiger partial charge on any atom is -0.493 e. The van der Waals surface area contributed by atoms with Crippen LogP contribution in [0, 0.1) is 11.3 Å². The zero-order valence-corrected chi connectivity index (χ0v) is 19.1. The lowest BCUT2D eigenvalue weighted by molar-refractivity contribution is 0.0999. The molecule has 1 atom stereocenters. The number of nitrogens with two attached hydrogens (primary N) is 1. The first kappa shape index (κ1) is 22.2. The SMILES string of the molecule is CCC(C)(C)[C@H]1CCc2c(sc(NC(=O)c3cccc(OC)c3OC)c2C(N)=O)C1. The van der Waals surface area contributed by atoms with Gasteiger partial charge < -0.3 is 20.5 Å². The van der Waals surface area contributed by atoms with Crippen LogP contribution >= 0.6 is 11.3 Å². The van der Waals surface area contributed by atoms with Gasteiger partial charge in [-0.15, -0.1) is 11.3 Å². The van der Waals surface area contributed by atoms with Gasteiger partial charge in [0.1, 0.15) is 5.00 Å². The fraction of sp³-hybridized carbons (Fsp3) is 0.478. The van der Waals surface area contributed by atoms with Crippen LogP contribution in [0.2, 0.25) is 0 Å². The van der Waals surface area contributed by atoms with Gasteiger partial charge in [0.25, 0.3) is 11.8 Å². The molecule has 0 spiro atoms. The second-order valence-corrected chi connectivity index (χ2v) is 9.45. The van der Waals surface area contributed by atoms with Gasteiger partial charge in [0.2, 0.25) is 0 Å². The molecule has 0 bridgehead atoms. The Morgan fingerprint density at radius 3 is 2.60 bits per heavy atom. The molecule has 6 nitrogen and oxygen atoms in total. The number of nitrogens with one attached hydrogen (secondary N) is 1. The predicted octanol–water partition coefficient (Wildman–Crippen LogP) is 4.66. The zero-order chi connectivity index (χ0) is 22.1. The van der Waals surface area contributed by atoms with Crippen LogP contribution in [0.25, 0.3) is 0 Å². The van der Waals surface area contributed by atoms with Crippen molar-refractivity contribution < 1.29 is 19.1 Å². The highest BCUT2D eigenvalue weighted by Gasteiger charge is 2.35. The first-order valence-corrected chi connectivity index (χ1v) is 11.0. The van der Waals surface area contributed by atoms with Gasteiger partial charge in [-0.2, -0.15) is 0 Å². The number of carbonyl (C=O) groups excluding carboxylic acids is 2. The first-order valence-electron chi connectivity index (χ1n) is 10.2. The zero-order valence-electron chi connectivity index (χ0n) is 18.3. The summed E-state index contributed by atoms with van der Waals surface area (Å²) in [5.41, 5.74) is 7.71. The van der Waals surface area contributed by atoms with Crippen molar-refractivity contribution in [2.24, 2.45) is 17.1 Å². The second-order valence-electron chi connectivity index (χ2n) is 8.35. The first-order chi connectivity index (χ1) is 14.2. The molecule has 0 unspecified atom stereocenters. The Morgan fingerprint density at radius 2 is 2.00 bits per heavy atom. The maximum atomic E-state index is 13.0. The van der Waals surface area contributed by atoms with Crippen molar-refractivity contribution in [3.05, 3.63) is 39.8 Å². The second kappa shape index (κ2) is 8.68. The number of thiophene rings is 1. The number of anilines is 1. The molecule has 0 aliphatic heterocycles. The molecule has 3 rings (SSSR count). The van der Waals surface area contributed by atoms with E-state index in [1.807, 2.05) is 0 Å². The van der Waals surface area contributed by atoms with Crippen LogP contribution in [-0.4, -0.2) is 26.0 Å². The summed E-state index contributed by atoms with van der Waals surface area (Å²) >= 11 is 1.46. The van der Waals surface area contributed by atoms with E-state index in [0.717, 1.165) is 36.1 Å². The summed E-state index contributed by atoms with van der Waals surface area (Å²) in [6, 6.07) is 5.11. The number of fused-ring (bicyclic) bond motifs is 1. The third-order valence-corrected chi connectivity index (χ3v) is 7.57. The van der Waals surface area contributed by atoms with Crippen molar-refractivity contribution in [3.63, 3.8) is 0 Å². The molecular formula is C23H30N2O4S. The average molecular weight is 431 g/mol.